The van der Waals surface area contributed by atoms with Crippen molar-refractivity contribution < 1.29 is 0 Å². The zero-order chi connectivity index (χ0) is 24.0. The quantitative estimate of drug-likeness (QED) is 0.549. The fourth-order valence-electron chi connectivity index (χ4n) is 5.48. The van der Waals surface area contributed by atoms with Crippen LogP contribution in [0.15, 0.2) is 30.3 Å². The van der Waals surface area contributed by atoms with E-state index in [-0.39, 0.29) is 0 Å². The molecule has 7 nitrogen and oxygen atoms in total. The topological polar surface area (TPSA) is 59.6 Å². The van der Waals surface area contributed by atoms with Gasteiger partial charge in [0.1, 0.15) is 11.6 Å². The Morgan fingerprint density at radius 3 is 2.26 bits per heavy atom. The van der Waals surface area contributed by atoms with Crippen LogP contribution in [0.3, 0.4) is 0 Å². The van der Waals surface area contributed by atoms with Gasteiger partial charge in [-0.15, -0.1) is 0 Å². The van der Waals surface area contributed by atoms with E-state index in [0.717, 1.165) is 31.3 Å². The van der Waals surface area contributed by atoms with Crippen molar-refractivity contribution >= 4 is 40.6 Å². The number of thiocarbonyl (C=S) groups is 1. The fraction of sp³-hybridized carbons (Fsp3) is 0.593. The van der Waals surface area contributed by atoms with E-state index in [9.17, 15) is 0 Å². The molecule has 2 N–H and O–H groups in total. The summed E-state index contributed by atoms with van der Waals surface area (Å²) >= 11 is 5.63. The first-order valence-corrected chi connectivity index (χ1v) is 13.9. The highest BCUT2D eigenvalue weighted by Gasteiger charge is 2.23. The molecular weight excluding hydrogens is 454 g/mol. The number of nitrogens with one attached hydrogen (secondary N) is 2. The maximum Gasteiger partial charge on any atom is 0.232 e. The third-order valence-electron chi connectivity index (χ3n) is 7.56. The molecular formula is C27H39N7S. The van der Waals surface area contributed by atoms with Crippen LogP contribution in [0, 0.1) is 0 Å². The molecule has 0 spiro atoms. The molecule has 3 aliphatic heterocycles. The third-order valence-corrected chi connectivity index (χ3v) is 7.81. The maximum absolute atomic E-state index is 5.63. The minimum absolute atomic E-state index is 0.495. The molecule has 2 aromatic rings. The van der Waals surface area contributed by atoms with Crippen LogP contribution in [0.25, 0.3) is 0 Å². The second-order valence-electron chi connectivity index (χ2n) is 10.2. The third kappa shape index (κ3) is 6.15. The Kier molecular flexibility index (Phi) is 7.86. The van der Waals surface area contributed by atoms with Crippen LogP contribution in [0.4, 0.5) is 23.3 Å². The van der Waals surface area contributed by atoms with E-state index >= 15 is 0 Å². The van der Waals surface area contributed by atoms with Crippen molar-refractivity contribution in [1.29, 1.82) is 0 Å². The van der Waals surface area contributed by atoms with Crippen LogP contribution < -0.4 is 25.3 Å². The molecule has 1 aromatic carbocycles. The van der Waals surface area contributed by atoms with Gasteiger partial charge in [0.05, 0.1) is 0 Å². The Hall–Kier alpha value is -2.61. The zero-order valence-electron chi connectivity index (χ0n) is 21.0. The predicted octanol–water partition coefficient (Wildman–Crippen LogP) is 4.93. The van der Waals surface area contributed by atoms with Crippen molar-refractivity contribution in [2.75, 3.05) is 52.7 Å². The van der Waals surface area contributed by atoms with Gasteiger partial charge < -0.3 is 25.3 Å². The summed E-state index contributed by atoms with van der Waals surface area (Å²) in [6.45, 7) is 8.47. The van der Waals surface area contributed by atoms with E-state index in [0.29, 0.717) is 23.6 Å². The van der Waals surface area contributed by atoms with E-state index < -0.39 is 0 Å². The Morgan fingerprint density at radius 2 is 1.51 bits per heavy atom. The van der Waals surface area contributed by atoms with E-state index in [2.05, 4.69) is 62.6 Å². The van der Waals surface area contributed by atoms with Crippen LogP contribution in [-0.4, -0.2) is 53.8 Å². The first-order chi connectivity index (χ1) is 17.2. The highest BCUT2D eigenvalue weighted by Crippen LogP contribution is 2.28. The molecule has 5 rings (SSSR count). The molecule has 0 aliphatic carbocycles. The summed E-state index contributed by atoms with van der Waals surface area (Å²) in [5.74, 6) is 2.61. The summed E-state index contributed by atoms with van der Waals surface area (Å²) in [5.41, 5.74) is 2.53. The van der Waals surface area contributed by atoms with Gasteiger partial charge in [-0.1, -0.05) is 12.1 Å². The van der Waals surface area contributed by atoms with Gasteiger partial charge in [-0.05, 0) is 88.2 Å². The summed E-state index contributed by atoms with van der Waals surface area (Å²) < 4.78 is 0. The van der Waals surface area contributed by atoms with Crippen molar-refractivity contribution in [2.24, 2.45) is 0 Å². The number of hydrogen-bond donors (Lipinski definition) is 2. The largest absolute Gasteiger partial charge is 0.372 e. The molecule has 8 heteroatoms. The zero-order valence-corrected chi connectivity index (χ0v) is 21.8. The number of rotatable bonds is 6. The smallest absolute Gasteiger partial charge is 0.232 e. The van der Waals surface area contributed by atoms with Crippen molar-refractivity contribution in [1.82, 2.24) is 15.3 Å². The van der Waals surface area contributed by atoms with Crippen LogP contribution >= 0.6 is 12.2 Å². The van der Waals surface area contributed by atoms with Crippen LogP contribution in [-0.2, 0) is 6.54 Å². The predicted molar refractivity (Wildman–Crippen MR) is 150 cm³/mol. The van der Waals surface area contributed by atoms with Gasteiger partial charge in [0.25, 0.3) is 0 Å². The van der Waals surface area contributed by atoms with Gasteiger partial charge in [0, 0.05) is 57.1 Å². The van der Waals surface area contributed by atoms with Crippen LogP contribution in [0.5, 0.6) is 0 Å². The average Bonchev–Trinajstić information content (AvgIpc) is 3.44. The Morgan fingerprint density at radius 1 is 0.857 bits per heavy atom. The molecule has 0 amide bonds. The number of piperidine rings is 2. The SMILES string of the molecule is CC1CCCCN1c1cc(N2CCCCC2)nc(NC(=S)NCc2ccc(N3CCCC3)cc2)n1. The summed E-state index contributed by atoms with van der Waals surface area (Å²) in [6, 6.07) is 11.5. The monoisotopic (exact) mass is 493 g/mol. The molecule has 35 heavy (non-hydrogen) atoms. The lowest BCUT2D eigenvalue weighted by Gasteiger charge is -2.35. The Labute approximate surface area is 215 Å². The lowest BCUT2D eigenvalue weighted by molar-refractivity contribution is 0.481. The molecule has 3 aliphatic rings. The lowest BCUT2D eigenvalue weighted by Crippen LogP contribution is -2.39. The summed E-state index contributed by atoms with van der Waals surface area (Å²) in [7, 11) is 0. The number of benzene rings is 1. The molecule has 1 unspecified atom stereocenters. The van der Waals surface area contributed by atoms with Gasteiger partial charge >= 0.3 is 0 Å². The molecule has 4 heterocycles. The molecule has 188 valence electrons. The minimum atomic E-state index is 0.495. The second kappa shape index (κ2) is 11.4. The lowest BCUT2D eigenvalue weighted by atomic mass is 10.0. The first kappa shape index (κ1) is 24.1. The molecule has 0 radical (unpaired) electrons. The summed E-state index contributed by atoms with van der Waals surface area (Å²) in [4.78, 5) is 17.1. The Bertz CT molecular complexity index is 984. The van der Waals surface area contributed by atoms with E-state index in [4.69, 9.17) is 22.2 Å². The first-order valence-electron chi connectivity index (χ1n) is 13.5. The molecule has 0 saturated carbocycles. The summed E-state index contributed by atoms with van der Waals surface area (Å²) in [5, 5.41) is 7.18. The van der Waals surface area contributed by atoms with Gasteiger partial charge in [-0.3, -0.25) is 0 Å². The van der Waals surface area contributed by atoms with Gasteiger partial charge in [0.15, 0.2) is 5.11 Å². The van der Waals surface area contributed by atoms with Crippen molar-refractivity contribution in [3.63, 3.8) is 0 Å². The molecule has 3 fully saturated rings. The van der Waals surface area contributed by atoms with E-state index in [1.165, 1.54) is 75.7 Å². The van der Waals surface area contributed by atoms with Crippen LogP contribution in [0.2, 0.25) is 0 Å². The molecule has 3 saturated heterocycles. The average molecular weight is 494 g/mol. The van der Waals surface area contributed by atoms with E-state index in [1.807, 2.05) is 0 Å². The molecule has 0 bridgehead atoms. The maximum atomic E-state index is 5.63. The number of anilines is 4. The molecule has 1 atom stereocenters. The van der Waals surface area contributed by atoms with Crippen LogP contribution in [0.1, 0.15) is 63.9 Å². The highest BCUT2D eigenvalue weighted by atomic mass is 32.1. The molecule has 1 aromatic heterocycles. The van der Waals surface area contributed by atoms with Crippen molar-refractivity contribution in [3.8, 4) is 0 Å². The van der Waals surface area contributed by atoms with Crippen molar-refractivity contribution in [3.05, 3.63) is 35.9 Å². The number of aromatic nitrogens is 2. The minimum Gasteiger partial charge on any atom is -0.372 e. The fourth-order valence-corrected chi connectivity index (χ4v) is 5.64. The van der Waals surface area contributed by atoms with Gasteiger partial charge in [-0.2, -0.15) is 9.97 Å². The Balaban J connectivity index is 1.25. The van der Waals surface area contributed by atoms with Gasteiger partial charge in [0.2, 0.25) is 5.95 Å². The standard InChI is InChI=1S/C27H39N7S/c1-21-9-3-6-18-34(21)25-19-24(33-16-4-2-5-17-33)29-26(30-25)31-27(35)28-20-22-10-12-23(13-11-22)32-14-7-8-15-32/h10-13,19,21H,2-9,14-18,20H2,1H3,(H2,28,29,30,31,35). The van der Waals surface area contributed by atoms with Gasteiger partial charge in [-0.25, -0.2) is 0 Å². The number of hydrogen-bond acceptors (Lipinski definition) is 6. The van der Waals surface area contributed by atoms with Crippen molar-refractivity contribution in [2.45, 2.75) is 70.9 Å². The number of nitrogens with zero attached hydrogens (tertiary/aromatic N) is 5. The normalized spacial score (nSPS) is 20.7. The summed E-state index contributed by atoms with van der Waals surface area (Å²) in [6.07, 6.45) is 10.0. The van der Waals surface area contributed by atoms with E-state index in [1.54, 1.807) is 0 Å². The highest BCUT2D eigenvalue weighted by molar-refractivity contribution is 7.80. The second-order valence-corrected chi connectivity index (χ2v) is 10.6.